The Kier molecular flexibility index (Phi) is 3.18. The van der Waals surface area contributed by atoms with Crippen LogP contribution in [0.25, 0.3) is 10.9 Å². The van der Waals surface area contributed by atoms with Gasteiger partial charge in [0.1, 0.15) is 5.69 Å². The van der Waals surface area contributed by atoms with Crippen molar-refractivity contribution in [3.05, 3.63) is 45.7 Å². The smallest absolute Gasteiger partial charge is 0.354 e. The lowest BCUT2D eigenvalue weighted by molar-refractivity contribution is 0.0594. The van der Waals surface area contributed by atoms with Crippen molar-refractivity contribution in [2.45, 2.75) is 26.2 Å². The van der Waals surface area contributed by atoms with Crippen LogP contribution in [-0.2, 0) is 10.2 Å². The Morgan fingerprint density at radius 2 is 1.95 bits per heavy atom. The van der Waals surface area contributed by atoms with Crippen molar-refractivity contribution in [2.75, 3.05) is 7.11 Å². The van der Waals surface area contributed by atoms with Crippen molar-refractivity contribution in [2.24, 2.45) is 0 Å². The Morgan fingerprint density at radius 1 is 1.26 bits per heavy atom. The maximum absolute atomic E-state index is 12.1. The molecule has 4 heteroatoms. The number of hydrogen-bond donors (Lipinski definition) is 1. The quantitative estimate of drug-likeness (QED) is 0.801. The van der Waals surface area contributed by atoms with Crippen LogP contribution in [0, 0.1) is 0 Å². The van der Waals surface area contributed by atoms with E-state index in [1.54, 1.807) is 6.07 Å². The molecular weight excluding hydrogens is 242 g/mol. The van der Waals surface area contributed by atoms with Crippen LogP contribution in [-0.4, -0.2) is 18.1 Å². The Hall–Kier alpha value is -2.10. The number of nitrogens with one attached hydrogen (secondary N) is 1. The van der Waals surface area contributed by atoms with Crippen LogP contribution in [0.15, 0.2) is 29.1 Å². The number of para-hydroxylation sites is 1. The Bertz CT molecular complexity index is 693. The van der Waals surface area contributed by atoms with Crippen molar-refractivity contribution in [1.29, 1.82) is 0 Å². The number of H-pyrrole nitrogens is 1. The summed E-state index contributed by atoms with van der Waals surface area (Å²) in [4.78, 5) is 26.7. The number of ether oxygens (including phenoxy) is 1. The van der Waals surface area contributed by atoms with Gasteiger partial charge in [-0.2, -0.15) is 0 Å². The van der Waals surface area contributed by atoms with Crippen LogP contribution in [0.1, 0.15) is 36.8 Å². The molecule has 0 spiro atoms. The molecule has 1 aromatic heterocycles. The molecule has 0 radical (unpaired) electrons. The highest BCUT2D eigenvalue weighted by Gasteiger charge is 2.19. The third-order valence-corrected chi connectivity index (χ3v) is 3.08. The molecule has 0 fully saturated rings. The third-order valence-electron chi connectivity index (χ3n) is 3.08. The van der Waals surface area contributed by atoms with Crippen molar-refractivity contribution < 1.29 is 9.53 Å². The lowest BCUT2D eigenvalue weighted by Crippen LogP contribution is -2.17. The Morgan fingerprint density at radius 3 is 2.53 bits per heavy atom. The highest BCUT2D eigenvalue weighted by atomic mass is 16.5. The van der Waals surface area contributed by atoms with Gasteiger partial charge in [-0.3, -0.25) is 4.79 Å². The molecule has 0 saturated carbocycles. The van der Waals surface area contributed by atoms with Crippen molar-refractivity contribution in [3.63, 3.8) is 0 Å². The van der Waals surface area contributed by atoms with Crippen LogP contribution in [0.4, 0.5) is 0 Å². The average Bonchev–Trinajstić information content (AvgIpc) is 2.35. The highest BCUT2D eigenvalue weighted by molar-refractivity contribution is 5.92. The maximum atomic E-state index is 12.1. The van der Waals surface area contributed by atoms with Crippen LogP contribution in [0.2, 0.25) is 0 Å². The molecule has 1 heterocycles. The monoisotopic (exact) mass is 259 g/mol. The maximum Gasteiger partial charge on any atom is 0.354 e. The first kappa shape index (κ1) is 13.3. The number of aromatic amines is 1. The number of rotatable bonds is 1. The van der Waals surface area contributed by atoms with Gasteiger partial charge in [-0.1, -0.05) is 32.9 Å². The van der Waals surface area contributed by atoms with Gasteiger partial charge in [-0.15, -0.1) is 0 Å². The van der Waals surface area contributed by atoms with E-state index in [1.807, 2.05) is 12.1 Å². The topological polar surface area (TPSA) is 59.2 Å². The minimum Gasteiger partial charge on any atom is -0.464 e. The van der Waals surface area contributed by atoms with Crippen molar-refractivity contribution in [1.82, 2.24) is 4.98 Å². The molecule has 0 atom stereocenters. The van der Waals surface area contributed by atoms with E-state index in [9.17, 15) is 9.59 Å². The summed E-state index contributed by atoms with van der Waals surface area (Å²) in [6.07, 6.45) is 0. The van der Waals surface area contributed by atoms with E-state index in [0.29, 0.717) is 10.9 Å². The summed E-state index contributed by atoms with van der Waals surface area (Å²) >= 11 is 0. The minimum atomic E-state index is -0.539. The van der Waals surface area contributed by atoms with E-state index >= 15 is 0 Å². The number of hydrogen-bond acceptors (Lipinski definition) is 3. The van der Waals surface area contributed by atoms with Crippen molar-refractivity contribution >= 4 is 16.9 Å². The molecule has 0 aliphatic heterocycles. The fourth-order valence-corrected chi connectivity index (χ4v) is 2.12. The van der Waals surface area contributed by atoms with E-state index in [0.717, 1.165) is 5.56 Å². The molecule has 0 unspecified atom stereocenters. The van der Waals surface area contributed by atoms with E-state index in [1.165, 1.54) is 13.2 Å². The predicted molar refractivity (Wildman–Crippen MR) is 74.6 cm³/mol. The fourth-order valence-electron chi connectivity index (χ4n) is 2.12. The SMILES string of the molecule is COC(=O)c1cc(=O)c2cccc(C(C)(C)C)c2[nH]1. The first-order valence-electron chi connectivity index (χ1n) is 6.09. The Labute approximate surface area is 111 Å². The largest absolute Gasteiger partial charge is 0.464 e. The van der Waals surface area contributed by atoms with E-state index in [-0.39, 0.29) is 16.5 Å². The van der Waals surface area contributed by atoms with Gasteiger partial charge in [0.05, 0.1) is 12.6 Å². The molecule has 0 aliphatic carbocycles. The number of aromatic nitrogens is 1. The van der Waals surface area contributed by atoms with Gasteiger partial charge in [0.2, 0.25) is 0 Å². The van der Waals surface area contributed by atoms with Crippen molar-refractivity contribution in [3.8, 4) is 0 Å². The second kappa shape index (κ2) is 4.53. The molecule has 4 nitrogen and oxygen atoms in total. The number of carbonyl (C=O) groups is 1. The zero-order valence-electron chi connectivity index (χ0n) is 11.5. The molecule has 0 aliphatic rings. The average molecular weight is 259 g/mol. The number of fused-ring (bicyclic) bond motifs is 1. The number of benzene rings is 1. The minimum absolute atomic E-state index is 0.128. The van der Waals surface area contributed by atoms with Gasteiger partial charge in [-0.05, 0) is 17.0 Å². The summed E-state index contributed by atoms with van der Waals surface area (Å²) < 4.78 is 4.66. The van der Waals surface area contributed by atoms with E-state index < -0.39 is 5.97 Å². The van der Waals surface area contributed by atoms with Gasteiger partial charge in [0, 0.05) is 11.5 Å². The van der Waals surface area contributed by atoms with Crippen LogP contribution >= 0.6 is 0 Å². The second-order valence-electron chi connectivity index (χ2n) is 5.52. The van der Waals surface area contributed by atoms with Gasteiger partial charge in [0.25, 0.3) is 0 Å². The van der Waals surface area contributed by atoms with Crippen LogP contribution in [0.5, 0.6) is 0 Å². The molecule has 2 rings (SSSR count). The predicted octanol–water partition coefficient (Wildman–Crippen LogP) is 2.61. The molecule has 0 bridgehead atoms. The molecule has 100 valence electrons. The van der Waals surface area contributed by atoms with E-state index in [2.05, 4.69) is 30.5 Å². The number of pyridine rings is 1. The molecule has 2 aromatic rings. The number of methoxy groups -OCH3 is 1. The molecule has 1 N–H and O–H groups in total. The zero-order valence-corrected chi connectivity index (χ0v) is 11.5. The van der Waals surface area contributed by atoms with Crippen LogP contribution < -0.4 is 5.43 Å². The summed E-state index contributed by atoms with van der Waals surface area (Å²) in [7, 11) is 1.29. The first-order chi connectivity index (χ1) is 8.84. The fraction of sp³-hybridized carbons (Fsp3) is 0.333. The summed E-state index contributed by atoms with van der Waals surface area (Å²) in [5.74, 6) is -0.539. The Balaban J connectivity index is 2.84. The van der Waals surface area contributed by atoms with Gasteiger partial charge in [0.15, 0.2) is 5.43 Å². The number of carbonyl (C=O) groups excluding carboxylic acids is 1. The standard InChI is InChI=1S/C15H17NO3/c1-15(2,3)10-7-5-6-9-12(17)8-11(14(18)19-4)16-13(9)10/h5-8H,1-4H3,(H,16,17). The summed E-state index contributed by atoms with van der Waals surface area (Å²) in [6.45, 7) is 6.18. The lowest BCUT2D eigenvalue weighted by Gasteiger charge is -2.21. The number of esters is 1. The molecule has 19 heavy (non-hydrogen) atoms. The zero-order chi connectivity index (χ0) is 14.2. The molecule has 0 saturated heterocycles. The normalized spacial score (nSPS) is 11.6. The third kappa shape index (κ3) is 2.38. The molecule has 0 amide bonds. The van der Waals surface area contributed by atoms with Gasteiger partial charge < -0.3 is 9.72 Å². The second-order valence-corrected chi connectivity index (χ2v) is 5.52. The van der Waals surface area contributed by atoms with Gasteiger partial charge >= 0.3 is 5.97 Å². The summed E-state index contributed by atoms with van der Waals surface area (Å²) in [5, 5.41) is 0.583. The highest BCUT2D eigenvalue weighted by Crippen LogP contribution is 2.27. The van der Waals surface area contributed by atoms with Gasteiger partial charge in [-0.25, -0.2) is 4.79 Å². The van der Waals surface area contributed by atoms with E-state index in [4.69, 9.17) is 0 Å². The molecule has 1 aromatic carbocycles. The molecular formula is C15H17NO3. The first-order valence-corrected chi connectivity index (χ1v) is 6.09. The van der Waals surface area contributed by atoms with Crippen LogP contribution in [0.3, 0.4) is 0 Å². The summed E-state index contributed by atoms with van der Waals surface area (Å²) in [6, 6.07) is 6.85. The lowest BCUT2D eigenvalue weighted by atomic mass is 9.85. The summed E-state index contributed by atoms with van der Waals surface area (Å²) in [5.41, 5.74) is 1.56.